The number of pyridine rings is 1. The third-order valence-corrected chi connectivity index (χ3v) is 3.73. The van der Waals surface area contributed by atoms with Crippen LogP contribution in [0.5, 0.6) is 0 Å². The van der Waals surface area contributed by atoms with Crippen molar-refractivity contribution in [2.24, 2.45) is 0 Å². The molecule has 0 radical (unpaired) electrons. The molecule has 1 atom stereocenters. The number of hydrogen-bond donors (Lipinski definition) is 1. The first-order valence-corrected chi connectivity index (χ1v) is 7.07. The van der Waals surface area contributed by atoms with Crippen LogP contribution in [0.4, 0.5) is 5.82 Å². The standard InChI is InChI=1S/C16H18ClN3O/c1-11(12-5-4-6-14(17)9-12)20(3)16(21)13-7-8-19-15(10-13)18-2/h4-11H,1-3H3,(H,18,19). The van der Waals surface area contributed by atoms with E-state index in [-0.39, 0.29) is 11.9 Å². The molecule has 0 aliphatic heterocycles. The number of benzene rings is 1. The van der Waals surface area contributed by atoms with Gasteiger partial charge >= 0.3 is 0 Å². The molecular weight excluding hydrogens is 286 g/mol. The van der Waals surface area contributed by atoms with Crippen molar-refractivity contribution in [2.75, 3.05) is 19.4 Å². The minimum atomic E-state index is -0.0672. The van der Waals surface area contributed by atoms with Crippen LogP contribution < -0.4 is 5.32 Å². The summed E-state index contributed by atoms with van der Waals surface area (Å²) in [7, 11) is 3.56. The van der Waals surface area contributed by atoms with Gasteiger partial charge in [-0.1, -0.05) is 23.7 Å². The number of halogens is 1. The van der Waals surface area contributed by atoms with Gasteiger partial charge in [0.2, 0.25) is 0 Å². The number of aromatic nitrogens is 1. The van der Waals surface area contributed by atoms with E-state index in [9.17, 15) is 4.79 Å². The molecule has 0 saturated heterocycles. The van der Waals surface area contributed by atoms with Gasteiger partial charge < -0.3 is 10.2 Å². The van der Waals surface area contributed by atoms with Crippen LogP contribution in [0, 0.1) is 0 Å². The van der Waals surface area contributed by atoms with Gasteiger partial charge in [-0.3, -0.25) is 4.79 Å². The Kier molecular flexibility index (Phi) is 4.81. The molecule has 0 aliphatic carbocycles. The molecule has 1 amide bonds. The molecule has 0 aliphatic rings. The van der Waals surface area contributed by atoms with Crippen LogP contribution in [0.3, 0.4) is 0 Å². The summed E-state index contributed by atoms with van der Waals surface area (Å²) in [4.78, 5) is 18.4. The van der Waals surface area contributed by atoms with Crippen molar-refractivity contribution >= 4 is 23.3 Å². The van der Waals surface area contributed by atoms with Gasteiger partial charge in [0.15, 0.2) is 0 Å². The fourth-order valence-electron chi connectivity index (χ4n) is 2.07. The second-order valence-corrected chi connectivity index (χ2v) is 5.26. The van der Waals surface area contributed by atoms with E-state index in [1.54, 1.807) is 37.3 Å². The average Bonchev–Trinajstić information content (AvgIpc) is 2.52. The van der Waals surface area contributed by atoms with E-state index in [2.05, 4.69) is 10.3 Å². The molecule has 1 heterocycles. The number of carbonyl (C=O) groups is 1. The van der Waals surface area contributed by atoms with Gasteiger partial charge in [0.1, 0.15) is 5.82 Å². The largest absolute Gasteiger partial charge is 0.373 e. The van der Waals surface area contributed by atoms with E-state index in [1.807, 2.05) is 31.2 Å². The summed E-state index contributed by atoms with van der Waals surface area (Å²) in [6, 6.07) is 10.9. The van der Waals surface area contributed by atoms with Crippen LogP contribution in [0.1, 0.15) is 28.9 Å². The Morgan fingerprint density at radius 2 is 2.10 bits per heavy atom. The molecular formula is C16H18ClN3O. The minimum Gasteiger partial charge on any atom is -0.373 e. The summed E-state index contributed by atoms with van der Waals surface area (Å²) in [5.74, 6) is 0.617. The number of anilines is 1. The Bertz CT molecular complexity index is 645. The van der Waals surface area contributed by atoms with Crippen LogP contribution in [0.15, 0.2) is 42.6 Å². The van der Waals surface area contributed by atoms with Crippen LogP contribution in [0.2, 0.25) is 5.02 Å². The van der Waals surface area contributed by atoms with Gasteiger partial charge in [-0.2, -0.15) is 0 Å². The Hall–Kier alpha value is -2.07. The highest BCUT2D eigenvalue weighted by molar-refractivity contribution is 6.30. The smallest absolute Gasteiger partial charge is 0.254 e. The summed E-state index contributed by atoms with van der Waals surface area (Å²) in [5, 5.41) is 3.60. The molecule has 0 fully saturated rings. The molecule has 4 nitrogen and oxygen atoms in total. The summed E-state index contributed by atoms with van der Waals surface area (Å²) >= 11 is 6.01. The topological polar surface area (TPSA) is 45.2 Å². The number of amides is 1. The fourth-order valence-corrected chi connectivity index (χ4v) is 2.27. The van der Waals surface area contributed by atoms with Crippen LogP contribution in [-0.4, -0.2) is 29.9 Å². The van der Waals surface area contributed by atoms with E-state index in [4.69, 9.17) is 11.6 Å². The van der Waals surface area contributed by atoms with Crippen LogP contribution in [-0.2, 0) is 0 Å². The maximum atomic E-state index is 12.5. The lowest BCUT2D eigenvalue weighted by atomic mass is 10.1. The molecule has 1 unspecified atom stereocenters. The Morgan fingerprint density at radius 1 is 1.33 bits per heavy atom. The molecule has 5 heteroatoms. The van der Waals surface area contributed by atoms with Crippen LogP contribution in [0.25, 0.3) is 0 Å². The van der Waals surface area contributed by atoms with Gasteiger partial charge in [0.25, 0.3) is 5.91 Å². The average molecular weight is 304 g/mol. The lowest BCUT2D eigenvalue weighted by molar-refractivity contribution is 0.0742. The van der Waals surface area contributed by atoms with Gasteiger partial charge in [-0.25, -0.2) is 4.98 Å². The molecule has 21 heavy (non-hydrogen) atoms. The maximum Gasteiger partial charge on any atom is 0.254 e. The number of carbonyl (C=O) groups excluding carboxylic acids is 1. The van der Waals surface area contributed by atoms with E-state index in [0.29, 0.717) is 16.4 Å². The SMILES string of the molecule is CNc1cc(C(=O)N(C)C(C)c2cccc(Cl)c2)ccn1. The van der Waals surface area contributed by atoms with Crippen molar-refractivity contribution in [1.29, 1.82) is 0 Å². The Labute approximate surface area is 129 Å². The molecule has 2 aromatic rings. The molecule has 1 aromatic heterocycles. The third kappa shape index (κ3) is 3.52. The monoisotopic (exact) mass is 303 g/mol. The van der Waals surface area contributed by atoms with Crippen molar-refractivity contribution in [3.8, 4) is 0 Å². The summed E-state index contributed by atoms with van der Waals surface area (Å²) in [6.45, 7) is 1.98. The highest BCUT2D eigenvalue weighted by Crippen LogP contribution is 2.23. The Balaban J connectivity index is 2.22. The molecule has 0 saturated carbocycles. The van der Waals surface area contributed by atoms with Gasteiger partial charge in [-0.05, 0) is 36.8 Å². The predicted octanol–water partition coefficient (Wildman–Crippen LogP) is 3.61. The zero-order valence-electron chi connectivity index (χ0n) is 12.3. The molecule has 0 spiro atoms. The van der Waals surface area contributed by atoms with E-state index >= 15 is 0 Å². The van der Waals surface area contributed by atoms with Gasteiger partial charge in [0.05, 0.1) is 6.04 Å². The van der Waals surface area contributed by atoms with Crippen molar-refractivity contribution in [3.05, 3.63) is 58.7 Å². The zero-order chi connectivity index (χ0) is 15.4. The maximum absolute atomic E-state index is 12.5. The van der Waals surface area contributed by atoms with E-state index in [0.717, 1.165) is 5.56 Å². The summed E-state index contributed by atoms with van der Waals surface area (Å²) in [5.41, 5.74) is 1.60. The zero-order valence-corrected chi connectivity index (χ0v) is 13.1. The van der Waals surface area contributed by atoms with Gasteiger partial charge in [-0.15, -0.1) is 0 Å². The predicted molar refractivity (Wildman–Crippen MR) is 85.7 cm³/mol. The quantitative estimate of drug-likeness (QED) is 0.938. The van der Waals surface area contributed by atoms with Crippen molar-refractivity contribution in [2.45, 2.75) is 13.0 Å². The molecule has 110 valence electrons. The molecule has 1 N–H and O–H groups in total. The van der Waals surface area contributed by atoms with Crippen molar-refractivity contribution in [3.63, 3.8) is 0 Å². The number of rotatable bonds is 4. The first kappa shape index (κ1) is 15.3. The first-order chi connectivity index (χ1) is 10.0. The second-order valence-electron chi connectivity index (χ2n) is 4.83. The Morgan fingerprint density at radius 3 is 2.76 bits per heavy atom. The van der Waals surface area contributed by atoms with Crippen LogP contribution >= 0.6 is 11.6 Å². The second kappa shape index (κ2) is 6.59. The number of hydrogen-bond acceptors (Lipinski definition) is 3. The van der Waals surface area contributed by atoms with Crippen molar-refractivity contribution < 1.29 is 4.79 Å². The highest BCUT2D eigenvalue weighted by atomic mass is 35.5. The lowest BCUT2D eigenvalue weighted by Crippen LogP contribution is -2.29. The molecule has 2 rings (SSSR count). The normalized spacial score (nSPS) is 11.8. The summed E-state index contributed by atoms with van der Waals surface area (Å²) in [6.07, 6.45) is 1.62. The van der Waals surface area contributed by atoms with E-state index < -0.39 is 0 Å². The fraction of sp³-hybridized carbons (Fsp3) is 0.250. The summed E-state index contributed by atoms with van der Waals surface area (Å²) < 4.78 is 0. The third-order valence-electron chi connectivity index (χ3n) is 3.50. The molecule has 1 aromatic carbocycles. The highest BCUT2D eigenvalue weighted by Gasteiger charge is 2.19. The van der Waals surface area contributed by atoms with Crippen molar-refractivity contribution in [1.82, 2.24) is 9.88 Å². The number of nitrogens with one attached hydrogen (secondary N) is 1. The number of nitrogens with zero attached hydrogens (tertiary/aromatic N) is 2. The van der Waals surface area contributed by atoms with E-state index in [1.165, 1.54) is 0 Å². The lowest BCUT2D eigenvalue weighted by Gasteiger charge is -2.25. The molecule has 0 bridgehead atoms. The first-order valence-electron chi connectivity index (χ1n) is 6.69. The minimum absolute atomic E-state index is 0.0543. The van der Waals surface area contributed by atoms with Gasteiger partial charge in [0, 0.05) is 30.9 Å².